The molecule has 0 fully saturated rings. The number of hydrogen-bond donors (Lipinski definition) is 0. The summed E-state index contributed by atoms with van der Waals surface area (Å²) >= 11 is 7.50. The van der Waals surface area contributed by atoms with Gasteiger partial charge in [0.05, 0.1) is 5.69 Å². The van der Waals surface area contributed by atoms with Crippen LogP contribution in [-0.2, 0) is 5.41 Å². The normalized spacial score (nSPS) is 11.8. The van der Waals surface area contributed by atoms with E-state index in [-0.39, 0.29) is 5.41 Å². The maximum Gasteiger partial charge on any atom is 0.129 e. The summed E-state index contributed by atoms with van der Waals surface area (Å²) in [6.07, 6.45) is 1.70. The van der Waals surface area contributed by atoms with Gasteiger partial charge in [-0.05, 0) is 12.1 Å². The third kappa shape index (κ3) is 2.42. The highest BCUT2D eigenvalue weighted by atomic mass is 35.5. The van der Waals surface area contributed by atoms with Crippen LogP contribution in [0.15, 0.2) is 23.7 Å². The summed E-state index contributed by atoms with van der Waals surface area (Å²) in [5.41, 5.74) is 2.23. The standard InChI is InChI=1S/C12H13ClN2S/c1-12(2,3)9-7-16-11(15-9)8-4-5-14-10(13)6-8/h4-7H,1-3H3. The monoisotopic (exact) mass is 252 g/mol. The van der Waals surface area contributed by atoms with Crippen molar-refractivity contribution in [3.8, 4) is 10.6 Å². The zero-order valence-corrected chi connectivity index (χ0v) is 11.1. The van der Waals surface area contributed by atoms with Crippen molar-refractivity contribution in [2.45, 2.75) is 26.2 Å². The topological polar surface area (TPSA) is 25.8 Å². The lowest BCUT2D eigenvalue weighted by atomic mass is 9.93. The third-order valence-electron chi connectivity index (χ3n) is 2.25. The fourth-order valence-electron chi connectivity index (χ4n) is 1.29. The Kier molecular flexibility index (Phi) is 3.00. The molecule has 0 aromatic carbocycles. The highest BCUT2D eigenvalue weighted by Gasteiger charge is 2.17. The highest BCUT2D eigenvalue weighted by Crippen LogP contribution is 2.30. The van der Waals surface area contributed by atoms with Crippen LogP contribution in [-0.4, -0.2) is 9.97 Å². The summed E-state index contributed by atoms with van der Waals surface area (Å²) < 4.78 is 0. The van der Waals surface area contributed by atoms with Gasteiger partial charge in [0.2, 0.25) is 0 Å². The van der Waals surface area contributed by atoms with Crippen LogP contribution < -0.4 is 0 Å². The lowest BCUT2D eigenvalue weighted by Crippen LogP contribution is -2.11. The molecule has 84 valence electrons. The molecule has 0 amide bonds. The molecule has 0 unspecified atom stereocenters. The van der Waals surface area contributed by atoms with Crippen LogP contribution in [0, 0.1) is 0 Å². The average molecular weight is 253 g/mol. The minimum Gasteiger partial charge on any atom is -0.245 e. The Morgan fingerprint density at radius 3 is 2.62 bits per heavy atom. The quantitative estimate of drug-likeness (QED) is 0.713. The highest BCUT2D eigenvalue weighted by molar-refractivity contribution is 7.13. The molecule has 0 radical (unpaired) electrons. The van der Waals surface area contributed by atoms with Crippen LogP contribution in [0.25, 0.3) is 10.6 Å². The molecule has 0 aliphatic carbocycles. The minimum absolute atomic E-state index is 0.0889. The Morgan fingerprint density at radius 2 is 2.06 bits per heavy atom. The molecule has 0 saturated heterocycles. The molecule has 0 N–H and O–H groups in total. The van der Waals surface area contributed by atoms with Crippen LogP contribution in [0.3, 0.4) is 0 Å². The molecule has 2 rings (SSSR count). The van der Waals surface area contributed by atoms with E-state index in [1.165, 1.54) is 0 Å². The van der Waals surface area contributed by atoms with Crippen molar-refractivity contribution in [2.24, 2.45) is 0 Å². The number of halogens is 1. The maximum absolute atomic E-state index is 5.86. The largest absolute Gasteiger partial charge is 0.245 e. The number of thiazole rings is 1. The number of pyridine rings is 1. The van der Waals surface area contributed by atoms with Gasteiger partial charge in [0.15, 0.2) is 0 Å². The van der Waals surface area contributed by atoms with Crippen LogP contribution in [0.5, 0.6) is 0 Å². The summed E-state index contributed by atoms with van der Waals surface area (Å²) in [6, 6.07) is 3.77. The molecule has 0 aliphatic heterocycles. The zero-order valence-electron chi connectivity index (χ0n) is 9.49. The second-order valence-electron chi connectivity index (χ2n) is 4.66. The van der Waals surface area contributed by atoms with E-state index >= 15 is 0 Å². The summed E-state index contributed by atoms with van der Waals surface area (Å²) in [6.45, 7) is 6.47. The fourth-order valence-corrected chi connectivity index (χ4v) is 2.50. The number of rotatable bonds is 1. The van der Waals surface area contributed by atoms with E-state index in [1.807, 2.05) is 12.1 Å². The van der Waals surface area contributed by atoms with Crippen molar-refractivity contribution in [1.29, 1.82) is 0 Å². The van der Waals surface area contributed by atoms with E-state index in [4.69, 9.17) is 11.6 Å². The predicted molar refractivity (Wildman–Crippen MR) is 69.1 cm³/mol. The molecule has 0 atom stereocenters. The lowest BCUT2D eigenvalue weighted by molar-refractivity contribution is 0.573. The van der Waals surface area contributed by atoms with Gasteiger partial charge in [-0.1, -0.05) is 32.4 Å². The smallest absolute Gasteiger partial charge is 0.129 e. The van der Waals surface area contributed by atoms with E-state index in [0.717, 1.165) is 16.3 Å². The van der Waals surface area contributed by atoms with Crippen LogP contribution in [0.4, 0.5) is 0 Å². The van der Waals surface area contributed by atoms with E-state index in [9.17, 15) is 0 Å². The Balaban J connectivity index is 2.39. The van der Waals surface area contributed by atoms with Crippen molar-refractivity contribution >= 4 is 22.9 Å². The number of aromatic nitrogens is 2. The molecule has 0 bridgehead atoms. The van der Waals surface area contributed by atoms with Gasteiger partial charge in [0.25, 0.3) is 0 Å². The first-order chi connectivity index (χ1) is 7.47. The third-order valence-corrected chi connectivity index (χ3v) is 3.34. The lowest BCUT2D eigenvalue weighted by Gasteiger charge is -2.14. The number of hydrogen-bond acceptors (Lipinski definition) is 3. The van der Waals surface area contributed by atoms with E-state index < -0.39 is 0 Å². The Hall–Kier alpha value is -0.930. The van der Waals surface area contributed by atoms with Crippen LogP contribution in [0.2, 0.25) is 5.15 Å². The molecule has 16 heavy (non-hydrogen) atoms. The van der Waals surface area contributed by atoms with E-state index in [0.29, 0.717) is 5.15 Å². The Morgan fingerprint density at radius 1 is 1.31 bits per heavy atom. The van der Waals surface area contributed by atoms with Gasteiger partial charge in [-0.2, -0.15) is 0 Å². The first kappa shape index (κ1) is 11.6. The van der Waals surface area contributed by atoms with Gasteiger partial charge in [-0.25, -0.2) is 9.97 Å². The van der Waals surface area contributed by atoms with Crippen molar-refractivity contribution in [3.63, 3.8) is 0 Å². The van der Waals surface area contributed by atoms with Crippen LogP contribution in [0.1, 0.15) is 26.5 Å². The number of nitrogens with zero attached hydrogens (tertiary/aromatic N) is 2. The fraction of sp³-hybridized carbons (Fsp3) is 0.333. The SMILES string of the molecule is CC(C)(C)c1csc(-c2ccnc(Cl)c2)n1. The molecule has 2 nitrogen and oxygen atoms in total. The van der Waals surface area contributed by atoms with Gasteiger partial charge >= 0.3 is 0 Å². The van der Waals surface area contributed by atoms with Crippen molar-refractivity contribution in [2.75, 3.05) is 0 Å². The molecule has 0 aliphatic rings. The van der Waals surface area contributed by atoms with Gasteiger partial charge in [0, 0.05) is 22.6 Å². The predicted octanol–water partition coefficient (Wildman–Crippen LogP) is 4.16. The van der Waals surface area contributed by atoms with Crippen molar-refractivity contribution < 1.29 is 0 Å². The van der Waals surface area contributed by atoms with E-state index in [2.05, 4.69) is 36.1 Å². The molecular weight excluding hydrogens is 240 g/mol. The zero-order chi connectivity index (χ0) is 11.8. The minimum atomic E-state index is 0.0889. The molecule has 2 heterocycles. The van der Waals surface area contributed by atoms with Gasteiger partial charge in [-0.3, -0.25) is 0 Å². The maximum atomic E-state index is 5.86. The van der Waals surface area contributed by atoms with Crippen molar-refractivity contribution in [1.82, 2.24) is 9.97 Å². The molecular formula is C12H13ClN2S. The first-order valence-electron chi connectivity index (χ1n) is 5.05. The Labute approximate surface area is 104 Å². The van der Waals surface area contributed by atoms with Crippen LogP contribution >= 0.6 is 22.9 Å². The van der Waals surface area contributed by atoms with Crippen molar-refractivity contribution in [3.05, 3.63) is 34.6 Å². The second-order valence-corrected chi connectivity index (χ2v) is 5.90. The summed E-state index contributed by atoms with van der Waals surface area (Å²) in [5.74, 6) is 0. The van der Waals surface area contributed by atoms with Gasteiger partial charge in [-0.15, -0.1) is 11.3 Å². The summed E-state index contributed by atoms with van der Waals surface area (Å²) in [5, 5.41) is 3.60. The molecule has 0 saturated carbocycles. The summed E-state index contributed by atoms with van der Waals surface area (Å²) in [4.78, 5) is 8.59. The molecule has 2 aromatic rings. The second kappa shape index (κ2) is 4.15. The van der Waals surface area contributed by atoms with Gasteiger partial charge < -0.3 is 0 Å². The summed E-state index contributed by atoms with van der Waals surface area (Å²) in [7, 11) is 0. The molecule has 0 spiro atoms. The molecule has 4 heteroatoms. The Bertz CT molecular complexity index is 500. The first-order valence-corrected chi connectivity index (χ1v) is 6.30. The average Bonchev–Trinajstić information content (AvgIpc) is 2.65. The van der Waals surface area contributed by atoms with E-state index in [1.54, 1.807) is 17.5 Å². The molecule has 2 aromatic heterocycles. The van der Waals surface area contributed by atoms with Gasteiger partial charge in [0.1, 0.15) is 10.2 Å².